The SMILES string of the molecule is O=C(C[C@H]1COCCN1C(=O)C#Cc1ccccc1)c1cccs1. The van der Waals surface area contributed by atoms with E-state index in [1.54, 1.807) is 11.0 Å². The van der Waals surface area contributed by atoms with Crippen molar-refractivity contribution in [1.29, 1.82) is 0 Å². The number of Topliss-reactive ketones (excluding diaryl/α,β-unsaturated/α-hetero) is 1. The zero-order valence-electron chi connectivity index (χ0n) is 13.1. The van der Waals surface area contributed by atoms with Crippen LogP contribution in [0.15, 0.2) is 47.8 Å². The summed E-state index contributed by atoms with van der Waals surface area (Å²) >= 11 is 1.41. The molecule has 0 radical (unpaired) electrons. The Morgan fingerprint density at radius 1 is 1.21 bits per heavy atom. The van der Waals surface area contributed by atoms with Gasteiger partial charge in [-0.15, -0.1) is 11.3 Å². The first-order valence-electron chi connectivity index (χ1n) is 7.76. The molecule has 1 aliphatic rings. The quantitative estimate of drug-likeness (QED) is 0.638. The molecule has 0 bridgehead atoms. The molecule has 1 aromatic carbocycles. The molecule has 5 heteroatoms. The van der Waals surface area contributed by atoms with Crippen molar-refractivity contribution in [3.8, 4) is 11.8 Å². The maximum Gasteiger partial charge on any atom is 0.299 e. The predicted molar refractivity (Wildman–Crippen MR) is 92.9 cm³/mol. The summed E-state index contributed by atoms with van der Waals surface area (Å²) in [7, 11) is 0. The Kier molecular flexibility index (Phi) is 5.42. The van der Waals surface area contributed by atoms with Crippen molar-refractivity contribution in [2.24, 2.45) is 0 Å². The fraction of sp³-hybridized carbons (Fsp3) is 0.263. The molecule has 0 aliphatic carbocycles. The van der Waals surface area contributed by atoms with Crippen LogP contribution in [0, 0.1) is 11.8 Å². The molecule has 2 aromatic rings. The van der Waals surface area contributed by atoms with E-state index in [4.69, 9.17) is 4.74 Å². The molecular formula is C19H17NO3S. The van der Waals surface area contributed by atoms with Crippen LogP contribution >= 0.6 is 11.3 Å². The minimum atomic E-state index is -0.258. The van der Waals surface area contributed by atoms with Crippen molar-refractivity contribution in [1.82, 2.24) is 4.90 Å². The maximum atomic E-state index is 12.4. The molecule has 0 unspecified atom stereocenters. The Balaban J connectivity index is 1.69. The molecular weight excluding hydrogens is 322 g/mol. The minimum Gasteiger partial charge on any atom is -0.377 e. The second-order valence-corrected chi connectivity index (χ2v) is 6.40. The van der Waals surface area contributed by atoms with Gasteiger partial charge in [0.2, 0.25) is 0 Å². The number of hydrogen-bond donors (Lipinski definition) is 0. The summed E-state index contributed by atoms with van der Waals surface area (Å²) in [6.07, 6.45) is 0.263. The largest absolute Gasteiger partial charge is 0.377 e. The van der Waals surface area contributed by atoms with Crippen LogP contribution in [0.5, 0.6) is 0 Å². The van der Waals surface area contributed by atoms with Gasteiger partial charge in [0.1, 0.15) is 0 Å². The topological polar surface area (TPSA) is 46.6 Å². The van der Waals surface area contributed by atoms with Gasteiger partial charge < -0.3 is 9.64 Å². The first-order chi connectivity index (χ1) is 11.7. The predicted octanol–water partition coefficient (Wildman–Crippen LogP) is 2.60. The van der Waals surface area contributed by atoms with E-state index in [-0.39, 0.29) is 24.2 Å². The van der Waals surface area contributed by atoms with Crippen LogP contribution in [0.1, 0.15) is 21.7 Å². The molecule has 24 heavy (non-hydrogen) atoms. The maximum absolute atomic E-state index is 12.4. The van der Waals surface area contributed by atoms with E-state index in [1.807, 2.05) is 41.8 Å². The third-order valence-electron chi connectivity index (χ3n) is 3.79. The fourth-order valence-electron chi connectivity index (χ4n) is 2.56. The van der Waals surface area contributed by atoms with Gasteiger partial charge in [0.25, 0.3) is 5.91 Å². The fourth-order valence-corrected chi connectivity index (χ4v) is 3.24. The molecule has 1 amide bonds. The monoisotopic (exact) mass is 339 g/mol. The number of carbonyl (C=O) groups is 2. The Labute approximate surface area is 145 Å². The van der Waals surface area contributed by atoms with E-state index >= 15 is 0 Å². The summed E-state index contributed by atoms with van der Waals surface area (Å²) < 4.78 is 5.45. The highest BCUT2D eigenvalue weighted by Crippen LogP contribution is 2.17. The number of ketones is 1. The minimum absolute atomic E-state index is 0.0364. The zero-order chi connectivity index (χ0) is 16.8. The molecule has 1 aliphatic heterocycles. The van der Waals surface area contributed by atoms with E-state index in [2.05, 4.69) is 11.8 Å². The van der Waals surface area contributed by atoms with E-state index in [0.717, 1.165) is 5.56 Å². The Bertz CT molecular complexity index is 759. The molecule has 2 heterocycles. The number of nitrogens with zero attached hydrogens (tertiary/aromatic N) is 1. The smallest absolute Gasteiger partial charge is 0.299 e. The molecule has 122 valence electrons. The average molecular weight is 339 g/mol. The van der Waals surface area contributed by atoms with Crippen LogP contribution in [0.4, 0.5) is 0 Å². The summed E-state index contributed by atoms with van der Waals surface area (Å²) in [5.41, 5.74) is 0.797. The van der Waals surface area contributed by atoms with Crippen molar-refractivity contribution >= 4 is 23.0 Å². The Morgan fingerprint density at radius 3 is 2.79 bits per heavy atom. The highest BCUT2D eigenvalue weighted by molar-refractivity contribution is 7.12. The van der Waals surface area contributed by atoms with Crippen molar-refractivity contribution in [2.45, 2.75) is 12.5 Å². The van der Waals surface area contributed by atoms with Gasteiger partial charge in [-0.25, -0.2) is 0 Å². The van der Waals surface area contributed by atoms with Crippen LogP contribution in [0.3, 0.4) is 0 Å². The highest BCUT2D eigenvalue weighted by Gasteiger charge is 2.28. The first kappa shape index (κ1) is 16.4. The lowest BCUT2D eigenvalue weighted by Crippen LogP contribution is -2.49. The summed E-state index contributed by atoms with van der Waals surface area (Å²) in [5, 5.41) is 1.87. The Morgan fingerprint density at radius 2 is 2.04 bits per heavy atom. The molecule has 3 rings (SSSR count). The van der Waals surface area contributed by atoms with Crippen LogP contribution in [0.25, 0.3) is 0 Å². The Hall–Kier alpha value is -2.42. The van der Waals surface area contributed by atoms with Crippen molar-refractivity contribution in [3.63, 3.8) is 0 Å². The van der Waals surface area contributed by atoms with Crippen molar-refractivity contribution in [2.75, 3.05) is 19.8 Å². The van der Waals surface area contributed by atoms with E-state index in [9.17, 15) is 9.59 Å². The third kappa shape index (κ3) is 4.10. The van der Waals surface area contributed by atoms with Gasteiger partial charge >= 0.3 is 0 Å². The summed E-state index contributed by atoms with van der Waals surface area (Å²) in [6, 6.07) is 12.8. The number of hydrogen-bond acceptors (Lipinski definition) is 4. The molecule has 0 spiro atoms. The van der Waals surface area contributed by atoms with Gasteiger partial charge in [0.15, 0.2) is 5.78 Å². The zero-order valence-corrected chi connectivity index (χ0v) is 13.9. The summed E-state index contributed by atoms with van der Waals surface area (Å²) in [6.45, 7) is 1.31. The standard InChI is InChI=1S/C19H17NO3S/c21-17(18-7-4-12-24-18)13-16-14-23-11-10-20(16)19(22)9-8-15-5-2-1-3-6-15/h1-7,12,16H,10-11,13-14H2/t16-/m0/s1. The van der Waals surface area contributed by atoms with Gasteiger partial charge in [-0.2, -0.15) is 0 Å². The number of amides is 1. The highest BCUT2D eigenvalue weighted by atomic mass is 32.1. The van der Waals surface area contributed by atoms with Gasteiger partial charge in [-0.1, -0.05) is 30.2 Å². The number of benzene rings is 1. The van der Waals surface area contributed by atoms with Crippen LogP contribution in [-0.2, 0) is 9.53 Å². The van der Waals surface area contributed by atoms with Gasteiger partial charge in [0.05, 0.1) is 24.1 Å². The molecule has 0 N–H and O–H groups in total. The van der Waals surface area contributed by atoms with Gasteiger partial charge in [-0.3, -0.25) is 9.59 Å². The van der Waals surface area contributed by atoms with Crippen molar-refractivity contribution < 1.29 is 14.3 Å². The molecule has 1 aromatic heterocycles. The van der Waals surface area contributed by atoms with E-state index in [0.29, 0.717) is 24.6 Å². The van der Waals surface area contributed by atoms with E-state index < -0.39 is 0 Å². The van der Waals surface area contributed by atoms with Crippen LogP contribution < -0.4 is 0 Å². The molecule has 1 saturated heterocycles. The lowest BCUT2D eigenvalue weighted by atomic mass is 10.1. The van der Waals surface area contributed by atoms with Crippen LogP contribution in [-0.4, -0.2) is 42.4 Å². The second kappa shape index (κ2) is 7.91. The normalized spacial score (nSPS) is 17.0. The first-order valence-corrected chi connectivity index (χ1v) is 8.64. The summed E-state index contributed by atoms with van der Waals surface area (Å²) in [5.74, 6) is 5.34. The average Bonchev–Trinajstić information content (AvgIpc) is 3.16. The van der Waals surface area contributed by atoms with Crippen LogP contribution in [0.2, 0.25) is 0 Å². The number of ether oxygens (including phenoxy) is 1. The summed E-state index contributed by atoms with van der Waals surface area (Å²) in [4.78, 5) is 27.1. The number of rotatable bonds is 3. The van der Waals surface area contributed by atoms with E-state index in [1.165, 1.54) is 11.3 Å². The number of carbonyl (C=O) groups excluding carboxylic acids is 2. The second-order valence-electron chi connectivity index (χ2n) is 5.45. The molecule has 4 nitrogen and oxygen atoms in total. The van der Waals surface area contributed by atoms with Crippen molar-refractivity contribution in [3.05, 3.63) is 58.3 Å². The lowest BCUT2D eigenvalue weighted by Gasteiger charge is -2.33. The van der Waals surface area contributed by atoms with Gasteiger partial charge in [0, 0.05) is 24.4 Å². The molecule has 1 fully saturated rings. The third-order valence-corrected chi connectivity index (χ3v) is 4.70. The lowest BCUT2D eigenvalue weighted by molar-refractivity contribution is -0.133. The molecule has 0 saturated carbocycles. The number of thiophene rings is 1. The van der Waals surface area contributed by atoms with Gasteiger partial charge in [-0.05, 0) is 23.6 Å². The molecule has 1 atom stereocenters. The number of morpholine rings is 1.